The van der Waals surface area contributed by atoms with Crippen LogP contribution in [0.3, 0.4) is 0 Å². The molecule has 82 valence electrons. The predicted octanol–water partition coefficient (Wildman–Crippen LogP) is 2.14. The average Bonchev–Trinajstić information content (AvgIpc) is 2.10. The summed E-state index contributed by atoms with van der Waals surface area (Å²) in [6, 6.07) is 0.917. The van der Waals surface area contributed by atoms with E-state index in [1.54, 1.807) is 0 Å². The van der Waals surface area contributed by atoms with E-state index in [1.165, 1.54) is 0 Å². The van der Waals surface area contributed by atoms with E-state index >= 15 is 0 Å². The van der Waals surface area contributed by atoms with Gasteiger partial charge < -0.3 is 5.11 Å². The maximum absolute atomic E-state index is 12.9. The number of carbonyl (C=O) groups is 1. The second-order valence-corrected chi connectivity index (χ2v) is 3.23. The molecule has 0 aliphatic heterocycles. The van der Waals surface area contributed by atoms with Crippen LogP contribution in [0, 0.1) is 5.95 Å². The normalized spacial score (nSPS) is 11.5. The van der Waals surface area contributed by atoms with E-state index < -0.39 is 29.8 Å². The lowest BCUT2D eigenvalue weighted by molar-refractivity contribution is -0.164. The third-order valence-electron chi connectivity index (χ3n) is 1.60. The molecule has 0 amide bonds. The molecule has 1 rings (SSSR count). The van der Waals surface area contributed by atoms with Gasteiger partial charge in [0.15, 0.2) is 0 Å². The molecule has 0 aromatic carbocycles. The molecule has 0 saturated carbocycles. The van der Waals surface area contributed by atoms with Crippen LogP contribution in [-0.2, 0) is 11.2 Å². The van der Waals surface area contributed by atoms with Gasteiger partial charge in [-0.15, -0.1) is 0 Å². The lowest BCUT2D eigenvalue weighted by atomic mass is 10.1. The van der Waals surface area contributed by atoms with Crippen LogP contribution in [0.4, 0.5) is 13.2 Å². The third kappa shape index (κ3) is 2.82. The highest BCUT2D eigenvalue weighted by Gasteiger charge is 2.39. The van der Waals surface area contributed by atoms with Crippen molar-refractivity contribution in [2.45, 2.75) is 12.3 Å². The number of hydrogen-bond donors (Lipinski definition) is 1. The first-order valence-electron chi connectivity index (χ1n) is 3.74. The molecule has 0 aliphatic carbocycles. The summed E-state index contributed by atoms with van der Waals surface area (Å²) in [5.41, 5.74) is -0.532. The number of alkyl halides is 2. The maximum Gasteiger partial charge on any atom is 0.374 e. The van der Waals surface area contributed by atoms with Crippen molar-refractivity contribution in [2.75, 3.05) is 0 Å². The van der Waals surface area contributed by atoms with E-state index in [2.05, 4.69) is 4.98 Å². The van der Waals surface area contributed by atoms with E-state index in [9.17, 15) is 18.0 Å². The van der Waals surface area contributed by atoms with Gasteiger partial charge in [-0.05, 0) is 6.07 Å². The van der Waals surface area contributed by atoms with Gasteiger partial charge in [0, 0.05) is 11.8 Å². The van der Waals surface area contributed by atoms with Crippen molar-refractivity contribution in [1.29, 1.82) is 0 Å². The van der Waals surface area contributed by atoms with Gasteiger partial charge in [0.2, 0.25) is 5.95 Å². The van der Waals surface area contributed by atoms with Crippen LogP contribution >= 0.6 is 11.6 Å². The molecule has 1 aromatic rings. The maximum atomic E-state index is 12.9. The van der Waals surface area contributed by atoms with E-state index in [1.807, 2.05) is 0 Å². The van der Waals surface area contributed by atoms with Crippen LogP contribution in [0.1, 0.15) is 5.56 Å². The number of hydrogen-bond acceptors (Lipinski definition) is 2. The monoisotopic (exact) mass is 239 g/mol. The number of aliphatic carboxylic acids is 1. The summed E-state index contributed by atoms with van der Waals surface area (Å²) in [7, 11) is 0. The summed E-state index contributed by atoms with van der Waals surface area (Å²) in [6.07, 6.45) is -0.332. The first kappa shape index (κ1) is 11.8. The molecule has 1 aromatic heterocycles. The largest absolute Gasteiger partial charge is 0.477 e. The molecule has 0 fully saturated rings. The van der Waals surface area contributed by atoms with Crippen molar-refractivity contribution in [3.63, 3.8) is 0 Å². The summed E-state index contributed by atoms with van der Waals surface area (Å²) in [4.78, 5) is 13.2. The summed E-state index contributed by atoms with van der Waals surface area (Å²) in [6.45, 7) is 0. The van der Waals surface area contributed by atoms with Gasteiger partial charge in [-0.25, -0.2) is 9.78 Å². The molecule has 0 atom stereocenters. The van der Waals surface area contributed by atoms with Gasteiger partial charge in [0.05, 0.1) is 11.4 Å². The Hall–Kier alpha value is -1.30. The van der Waals surface area contributed by atoms with Gasteiger partial charge in [0.25, 0.3) is 0 Å². The highest BCUT2D eigenvalue weighted by molar-refractivity contribution is 6.30. The van der Waals surface area contributed by atoms with Gasteiger partial charge in [-0.2, -0.15) is 13.2 Å². The van der Waals surface area contributed by atoms with E-state index in [-0.39, 0.29) is 5.02 Å². The molecule has 7 heteroatoms. The fourth-order valence-electron chi connectivity index (χ4n) is 0.903. The fraction of sp³-hybridized carbons (Fsp3) is 0.250. The number of pyridine rings is 1. The van der Waals surface area contributed by atoms with Crippen molar-refractivity contribution in [3.05, 3.63) is 28.8 Å². The van der Waals surface area contributed by atoms with Crippen LogP contribution in [-0.4, -0.2) is 22.0 Å². The molecule has 0 radical (unpaired) electrons. The molecule has 0 unspecified atom stereocenters. The molecule has 0 aliphatic rings. The Morgan fingerprint density at radius 2 is 2.20 bits per heavy atom. The van der Waals surface area contributed by atoms with Crippen molar-refractivity contribution in [1.82, 2.24) is 4.98 Å². The zero-order valence-corrected chi connectivity index (χ0v) is 7.93. The summed E-state index contributed by atoms with van der Waals surface area (Å²) in [5, 5.41) is 8.10. The zero-order chi connectivity index (χ0) is 11.6. The van der Waals surface area contributed by atoms with Crippen molar-refractivity contribution >= 4 is 17.6 Å². The number of carboxylic acid groups (broad SMARTS) is 1. The molecule has 15 heavy (non-hydrogen) atoms. The molecule has 1 N–H and O–H groups in total. The molecule has 1 heterocycles. The van der Waals surface area contributed by atoms with Crippen LogP contribution < -0.4 is 0 Å². The van der Waals surface area contributed by atoms with Crippen molar-refractivity contribution < 1.29 is 23.1 Å². The second-order valence-electron chi connectivity index (χ2n) is 2.79. The highest BCUT2D eigenvalue weighted by Crippen LogP contribution is 2.23. The Morgan fingerprint density at radius 1 is 1.60 bits per heavy atom. The number of rotatable bonds is 3. The Kier molecular flexibility index (Phi) is 3.18. The average molecular weight is 240 g/mol. The standard InChI is InChI=1S/C8H5ClF3NO2/c9-5-1-4(6(10)13-3-5)2-8(11,12)7(14)15/h1,3H,2H2,(H,14,15). The summed E-state index contributed by atoms with van der Waals surface area (Å²) >= 11 is 5.40. The summed E-state index contributed by atoms with van der Waals surface area (Å²) < 4.78 is 38.3. The molecule has 0 spiro atoms. The highest BCUT2D eigenvalue weighted by atomic mass is 35.5. The third-order valence-corrected chi connectivity index (χ3v) is 1.81. The van der Waals surface area contributed by atoms with E-state index in [4.69, 9.17) is 16.7 Å². The van der Waals surface area contributed by atoms with Crippen molar-refractivity contribution in [2.24, 2.45) is 0 Å². The second kappa shape index (κ2) is 4.06. The summed E-state index contributed by atoms with van der Waals surface area (Å²) in [5.74, 6) is -7.50. The molecule has 3 nitrogen and oxygen atoms in total. The van der Waals surface area contributed by atoms with Crippen molar-refractivity contribution in [3.8, 4) is 0 Å². The minimum absolute atomic E-state index is 0.0346. The Labute approximate surface area is 87.5 Å². The number of nitrogens with zero attached hydrogens (tertiary/aromatic N) is 1. The zero-order valence-electron chi connectivity index (χ0n) is 7.18. The first-order chi connectivity index (χ1) is 6.83. The van der Waals surface area contributed by atoms with Gasteiger partial charge >= 0.3 is 11.9 Å². The lowest BCUT2D eigenvalue weighted by Crippen LogP contribution is -2.31. The molecular formula is C8H5ClF3NO2. The van der Waals surface area contributed by atoms with Crippen LogP contribution in [0.2, 0.25) is 5.02 Å². The minimum Gasteiger partial charge on any atom is -0.477 e. The Bertz CT molecular complexity index is 397. The van der Waals surface area contributed by atoms with E-state index in [0.717, 1.165) is 12.3 Å². The lowest BCUT2D eigenvalue weighted by Gasteiger charge is -2.11. The molecule has 0 bridgehead atoms. The van der Waals surface area contributed by atoms with Crippen LogP contribution in [0.5, 0.6) is 0 Å². The topological polar surface area (TPSA) is 50.2 Å². The van der Waals surface area contributed by atoms with Crippen LogP contribution in [0.15, 0.2) is 12.3 Å². The Balaban J connectivity index is 2.99. The quantitative estimate of drug-likeness (QED) is 0.822. The van der Waals surface area contributed by atoms with Gasteiger partial charge in [0.1, 0.15) is 0 Å². The number of halogens is 4. The molecular weight excluding hydrogens is 235 g/mol. The predicted molar refractivity (Wildman–Crippen MR) is 45.5 cm³/mol. The van der Waals surface area contributed by atoms with Gasteiger partial charge in [-0.3, -0.25) is 0 Å². The molecule has 0 saturated heterocycles. The van der Waals surface area contributed by atoms with E-state index in [0.29, 0.717) is 0 Å². The Morgan fingerprint density at radius 3 is 2.73 bits per heavy atom. The SMILES string of the molecule is O=C(O)C(F)(F)Cc1cc(Cl)cnc1F. The van der Waals surface area contributed by atoms with Crippen LogP contribution in [0.25, 0.3) is 0 Å². The number of carboxylic acids is 1. The fourth-order valence-corrected chi connectivity index (χ4v) is 1.08. The smallest absolute Gasteiger partial charge is 0.374 e. The minimum atomic E-state index is -4.03. The number of aromatic nitrogens is 1. The van der Waals surface area contributed by atoms with Gasteiger partial charge in [-0.1, -0.05) is 11.6 Å². The first-order valence-corrected chi connectivity index (χ1v) is 4.12.